The third-order valence-corrected chi connectivity index (χ3v) is 2.47. The Morgan fingerprint density at radius 1 is 1.46 bits per heavy atom. The van der Waals surface area contributed by atoms with Gasteiger partial charge in [0.25, 0.3) is 0 Å². The third kappa shape index (κ3) is 2.48. The largest absolute Gasteiger partial charge is 0.744 e. The maximum Gasteiger partial charge on any atom is 0.124 e. The fourth-order valence-corrected chi connectivity index (χ4v) is 1.45. The summed E-state index contributed by atoms with van der Waals surface area (Å²) >= 11 is 4.63. The number of nitrogens with two attached hydrogens (primary N) is 1. The SMILES string of the molecule is NC(=S)c1cccc(S(=O)(=O)[O-])c1. The first kappa shape index (κ1) is 10.1. The van der Waals surface area contributed by atoms with Crippen LogP contribution in [0.1, 0.15) is 5.56 Å². The highest BCUT2D eigenvalue weighted by molar-refractivity contribution is 7.85. The van der Waals surface area contributed by atoms with Crippen molar-refractivity contribution in [3.63, 3.8) is 0 Å². The molecule has 6 heteroatoms. The lowest BCUT2D eigenvalue weighted by molar-refractivity contribution is 0.463. The molecule has 0 bridgehead atoms. The topological polar surface area (TPSA) is 83.2 Å². The molecule has 1 rings (SSSR count). The molecule has 0 saturated carbocycles. The van der Waals surface area contributed by atoms with Crippen molar-refractivity contribution in [2.24, 2.45) is 5.73 Å². The number of hydrogen-bond donors (Lipinski definition) is 1. The van der Waals surface area contributed by atoms with Gasteiger partial charge in [0.15, 0.2) is 0 Å². The summed E-state index contributed by atoms with van der Waals surface area (Å²) in [5.41, 5.74) is 5.63. The summed E-state index contributed by atoms with van der Waals surface area (Å²) in [5.74, 6) is 0. The van der Waals surface area contributed by atoms with Gasteiger partial charge in [-0.25, -0.2) is 8.42 Å². The monoisotopic (exact) mass is 216 g/mol. The van der Waals surface area contributed by atoms with E-state index in [2.05, 4.69) is 12.2 Å². The fourth-order valence-electron chi connectivity index (χ4n) is 0.805. The molecule has 0 aliphatic rings. The molecule has 0 amide bonds. The van der Waals surface area contributed by atoms with E-state index in [1.165, 1.54) is 18.2 Å². The van der Waals surface area contributed by atoms with Gasteiger partial charge in [0.2, 0.25) is 0 Å². The molecular weight excluding hydrogens is 210 g/mol. The molecule has 0 heterocycles. The second-order valence-corrected chi connectivity index (χ2v) is 4.17. The molecule has 0 aliphatic heterocycles. The first-order chi connectivity index (χ1) is 5.91. The van der Waals surface area contributed by atoms with E-state index in [4.69, 9.17) is 5.73 Å². The summed E-state index contributed by atoms with van der Waals surface area (Å²) in [6.45, 7) is 0. The average Bonchev–Trinajstić information content (AvgIpc) is 2.03. The van der Waals surface area contributed by atoms with Crippen molar-refractivity contribution in [2.45, 2.75) is 4.90 Å². The number of thiocarbonyl (C=S) groups is 1. The Bertz CT molecular complexity index is 439. The number of benzene rings is 1. The minimum absolute atomic E-state index is 0.0606. The predicted octanol–water partition coefficient (Wildman–Crippen LogP) is 0.225. The van der Waals surface area contributed by atoms with Gasteiger partial charge in [-0.3, -0.25) is 0 Å². The zero-order valence-electron chi connectivity index (χ0n) is 6.43. The Kier molecular flexibility index (Phi) is 2.65. The highest BCUT2D eigenvalue weighted by Gasteiger charge is 2.02. The van der Waals surface area contributed by atoms with Gasteiger partial charge < -0.3 is 10.3 Å². The lowest BCUT2D eigenvalue weighted by atomic mass is 10.2. The van der Waals surface area contributed by atoms with E-state index in [1.54, 1.807) is 0 Å². The first-order valence-corrected chi connectivity index (χ1v) is 5.08. The van der Waals surface area contributed by atoms with Gasteiger partial charge in [-0.05, 0) is 12.1 Å². The van der Waals surface area contributed by atoms with Crippen LogP contribution in [0.5, 0.6) is 0 Å². The summed E-state index contributed by atoms with van der Waals surface area (Å²) in [4.78, 5) is -0.261. The van der Waals surface area contributed by atoms with Gasteiger partial charge in [-0.2, -0.15) is 0 Å². The van der Waals surface area contributed by atoms with Crippen LogP contribution >= 0.6 is 12.2 Å². The molecule has 0 saturated heterocycles. The van der Waals surface area contributed by atoms with E-state index in [0.717, 1.165) is 6.07 Å². The van der Waals surface area contributed by atoms with Crippen molar-refractivity contribution in [3.05, 3.63) is 29.8 Å². The zero-order chi connectivity index (χ0) is 10.1. The predicted molar refractivity (Wildman–Crippen MR) is 50.3 cm³/mol. The first-order valence-electron chi connectivity index (χ1n) is 3.27. The molecule has 0 atom stereocenters. The number of rotatable bonds is 2. The van der Waals surface area contributed by atoms with E-state index in [1.807, 2.05) is 0 Å². The number of hydrogen-bond acceptors (Lipinski definition) is 4. The van der Waals surface area contributed by atoms with Crippen LogP contribution in [0.15, 0.2) is 29.2 Å². The van der Waals surface area contributed by atoms with Crippen molar-refractivity contribution in [2.75, 3.05) is 0 Å². The van der Waals surface area contributed by atoms with Gasteiger partial charge in [-0.1, -0.05) is 24.4 Å². The Morgan fingerprint density at radius 2 is 2.08 bits per heavy atom. The second kappa shape index (κ2) is 3.41. The Hall–Kier alpha value is -0.980. The van der Waals surface area contributed by atoms with Gasteiger partial charge in [0.1, 0.15) is 15.1 Å². The highest BCUT2D eigenvalue weighted by Crippen LogP contribution is 2.10. The summed E-state index contributed by atoms with van der Waals surface area (Å²) in [6.07, 6.45) is 0. The van der Waals surface area contributed by atoms with Crippen molar-refractivity contribution >= 4 is 27.3 Å². The summed E-state index contributed by atoms with van der Waals surface area (Å²) in [5, 5.41) is 0. The van der Waals surface area contributed by atoms with Crippen LogP contribution in [0.3, 0.4) is 0 Å². The Labute approximate surface area is 81.1 Å². The average molecular weight is 216 g/mol. The lowest BCUT2D eigenvalue weighted by Gasteiger charge is -2.07. The Morgan fingerprint density at radius 3 is 2.54 bits per heavy atom. The molecule has 0 fully saturated rings. The van der Waals surface area contributed by atoms with E-state index in [9.17, 15) is 13.0 Å². The third-order valence-electron chi connectivity index (χ3n) is 1.41. The minimum atomic E-state index is -4.42. The van der Waals surface area contributed by atoms with Crippen LogP contribution in [0.2, 0.25) is 0 Å². The summed E-state index contributed by atoms with van der Waals surface area (Å²) in [7, 11) is -4.42. The van der Waals surface area contributed by atoms with Gasteiger partial charge in [0, 0.05) is 5.56 Å². The molecule has 0 radical (unpaired) electrons. The Balaban J connectivity index is 3.29. The molecule has 4 nitrogen and oxygen atoms in total. The fraction of sp³-hybridized carbons (Fsp3) is 0. The quantitative estimate of drug-likeness (QED) is 0.565. The second-order valence-electron chi connectivity index (χ2n) is 2.35. The molecule has 13 heavy (non-hydrogen) atoms. The molecule has 1 aromatic carbocycles. The van der Waals surface area contributed by atoms with Crippen molar-refractivity contribution in [3.8, 4) is 0 Å². The molecule has 0 aliphatic carbocycles. The van der Waals surface area contributed by atoms with E-state index >= 15 is 0 Å². The van der Waals surface area contributed by atoms with Crippen LogP contribution in [-0.4, -0.2) is 18.0 Å². The van der Waals surface area contributed by atoms with Crippen molar-refractivity contribution in [1.29, 1.82) is 0 Å². The zero-order valence-corrected chi connectivity index (χ0v) is 8.06. The van der Waals surface area contributed by atoms with Crippen LogP contribution in [0.4, 0.5) is 0 Å². The maximum absolute atomic E-state index is 10.6. The summed E-state index contributed by atoms with van der Waals surface area (Å²) in [6, 6.07) is 5.31. The molecule has 0 aromatic heterocycles. The van der Waals surface area contributed by atoms with E-state index in [-0.39, 0.29) is 9.88 Å². The van der Waals surface area contributed by atoms with E-state index in [0.29, 0.717) is 5.56 Å². The normalized spacial score (nSPS) is 11.2. The smallest absolute Gasteiger partial charge is 0.124 e. The highest BCUT2D eigenvalue weighted by atomic mass is 32.2. The van der Waals surface area contributed by atoms with Crippen LogP contribution in [0, 0.1) is 0 Å². The lowest BCUT2D eigenvalue weighted by Crippen LogP contribution is -2.10. The molecule has 2 N–H and O–H groups in total. The van der Waals surface area contributed by atoms with Crippen molar-refractivity contribution in [1.82, 2.24) is 0 Å². The molecule has 0 spiro atoms. The maximum atomic E-state index is 10.6. The molecule has 70 valence electrons. The minimum Gasteiger partial charge on any atom is -0.744 e. The van der Waals surface area contributed by atoms with Crippen molar-refractivity contribution < 1.29 is 13.0 Å². The van der Waals surface area contributed by atoms with Crippen LogP contribution in [-0.2, 0) is 10.1 Å². The van der Waals surface area contributed by atoms with Gasteiger partial charge in [0.05, 0.1) is 4.90 Å². The van der Waals surface area contributed by atoms with E-state index < -0.39 is 10.1 Å². The van der Waals surface area contributed by atoms with Crippen LogP contribution in [0.25, 0.3) is 0 Å². The summed E-state index contributed by atoms with van der Waals surface area (Å²) < 4.78 is 31.7. The molecular formula is C7H6NO3S2-. The molecule has 1 aromatic rings. The van der Waals surface area contributed by atoms with Crippen LogP contribution < -0.4 is 5.73 Å². The molecule has 0 unspecified atom stereocenters. The van der Waals surface area contributed by atoms with Gasteiger partial charge in [-0.15, -0.1) is 0 Å². The standard InChI is InChI=1S/C7H7NO3S2/c8-7(12)5-2-1-3-6(4-5)13(9,10)11/h1-4H,(H2,8,12)(H,9,10,11)/p-1. The van der Waals surface area contributed by atoms with Gasteiger partial charge >= 0.3 is 0 Å².